The summed E-state index contributed by atoms with van der Waals surface area (Å²) in [5, 5.41) is 8.40. The number of ether oxygens (including phenoxy) is 1. The number of rotatable bonds is 5. The second-order valence-electron chi connectivity index (χ2n) is 6.64. The Hall–Kier alpha value is -3.81. The molecule has 2 heterocycles. The van der Waals surface area contributed by atoms with Crippen LogP contribution in [0.2, 0.25) is 0 Å². The summed E-state index contributed by atoms with van der Waals surface area (Å²) >= 11 is 0. The van der Waals surface area contributed by atoms with E-state index in [4.69, 9.17) is 9.15 Å². The van der Waals surface area contributed by atoms with Crippen LogP contribution in [0.1, 0.15) is 24.5 Å². The fraction of sp³-hybridized carbons (Fsp3) is 0.190. The van der Waals surface area contributed by atoms with Crippen molar-refractivity contribution in [2.45, 2.75) is 26.5 Å². The molecule has 8 nitrogen and oxygen atoms in total. The van der Waals surface area contributed by atoms with Crippen LogP contribution in [0.3, 0.4) is 0 Å². The van der Waals surface area contributed by atoms with Crippen LogP contribution in [0.25, 0.3) is 22.4 Å². The quantitative estimate of drug-likeness (QED) is 0.483. The number of esters is 1. The predicted octanol–water partition coefficient (Wildman–Crippen LogP) is 3.06. The summed E-state index contributed by atoms with van der Waals surface area (Å²) in [7, 11) is 0. The van der Waals surface area contributed by atoms with Gasteiger partial charge in [-0.05, 0) is 38.1 Å². The Morgan fingerprint density at radius 3 is 2.69 bits per heavy atom. The molecule has 4 rings (SSSR count). The molecule has 0 saturated carbocycles. The first-order chi connectivity index (χ1) is 14.0. The molecule has 0 bridgehead atoms. The van der Waals surface area contributed by atoms with E-state index in [0.717, 1.165) is 11.1 Å². The van der Waals surface area contributed by atoms with Gasteiger partial charge in [0.1, 0.15) is 6.54 Å². The van der Waals surface area contributed by atoms with Gasteiger partial charge >= 0.3 is 5.97 Å². The number of nitrogens with zero attached hydrogens (tertiary/aromatic N) is 4. The maximum Gasteiger partial charge on any atom is 0.326 e. The van der Waals surface area contributed by atoms with Crippen LogP contribution in [0.15, 0.2) is 64.1 Å². The third-order valence-electron chi connectivity index (χ3n) is 4.43. The minimum atomic E-state index is -0.752. The van der Waals surface area contributed by atoms with Crippen LogP contribution in [0, 0.1) is 6.92 Å². The lowest BCUT2D eigenvalue weighted by molar-refractivity contribution is -0.150. The van der Waals surface area contributed by atoms with Crippen LogP contribution < -0.4 is 5.56 Å². The Balaban J connectivity index is 1.46. The molecule has 29 heavy (non-hydrogen) atoms. The van der Waals surface area contributed by atoms with E-state index in [1.165, 1.54) is 10.9 Å². The van der Waals surface area contributed by atoms with Crippen LogP contribution in [0.4, 0.5) is 0 Å². The molecule has 146 valence electrons. The Morgan fingerprint density at radius 2 is 1.90 bits per heavy atom. The van der Waals surface area contributed by atoms with Gasteiger partial charge in [-0.3, -0.25) is 14.2 Å². The minimum Gasteiger partial charge on any atom is -0.451 e. The van der Waals surface area contributed by atoms with Gasteiger partial charge in [-0.25, -0.2) is 4.98 Å². The van der Waals surface area contributed by atoms with Gasteiger partial charge in [0, 0.05) is 5.56 Å². The summed E-state index contributed by atoms with van der Waals surface area (Å²) in [6.07, 6.45) is 0.581. The van der Waals surface area contributed by atoms with E-state index in [0.29, 0.717) is 16.8 Å². The van der Waals surface area contributed by atoms with Crippen molar-refractivity contribution in [3.05, 3.63) is 76.7 Å². The molecule has 0 aliphatic carbocycles. The van der Waals surface area contributed by atoms with Gasteiger partial charge in [-0.2, -0.15) is 0 Å². The van der Waals surface area contributed by atoms with E-state index in [9.17, 15) is 9.59 Å². The Labute approximate surface area is 165 Å². The minimum absolute atomic E-state index is 0.179. The molecule has 0 aliphatic rings. The maximum absolute atomic E-state index is 12.5. The zero-order chi connectivity index (χ0) is 20.4. The van der Waals surface area contributed by atoms with Gasteiger partial charge in [0.15, 0.2) is 6.10 Å². The average molecular weight is 390 g/mol. The van der Waals surface area contributed by atoms with Crippen molar-refractivity contribution in [1.82, 2.24) is 19.7 Å². The van der Waals surface area contributed by atoms with E-state index in [1.54, 1.807) is 31.2 Å². The topological polar surface area (TPSA) is 100 Å². The number of aryl methyl sites for hydroxylation is 1. The largest absolute Gasteiger partial charge is 0.451 e. The van der Waals surface area contributed by atoms with Crippen molar-refractivity contribution in [1.29, 1.82) is 0 Å². The van der Waals surface area contributed by atoms with E-state index in [2.05, 4.69) is 15.2 Å². The number of para-hydroxylation sites is 1. The lowest BCUT2D eigenvalue weighted by Gasteiger charge is -2.10. The molecule has 8 heteroatoms. The normalized spacial score (nSPS) is 12.1. The first-order valence-electron chi connectivity index (χ1n) is 9.05. The summed E-state index contributed by atoms with van der Waals surface area (Å²) in [6.45, 7) is 3.35. The van der Waals surface area contributed by atoms with Crippen molar-refractivity contribution in [2.75, 3.05) is 0 Å². The van der Waals surface area contributed by atoms with E-state index < -0.39 is 12.1 Å². The fourth-order valence-electron chi connectivity index (χ4n) is 2.85. The van der Waals surface area contributed by atoms with Gasteiger partial charge in [0.2, 0.25) is 5.89 Å². The fourth-order valence-corrected chi connectivity index (χ4v) is 2.85. The molecule has 0 amide bonds. The van der Waals surface area contributed by atoms with Crippen LogP contribution >= 0.6 is 0 Å². The lowest BCUT2D eigenvalue weighted by atomic mass is 10.1. The van der Waals surface area contributed by atoms with Crippen LogP contribution in [0.5, 0.6) is 0 Å². The lowest BCUT2D eigenvalue weighted by Crippen LogP contribution is -2.26. The summed E-state index contributed by atoms with van der Waals surface area (Å²) in [5.74, 6) is -0.0810. The molecule has 2 aromatic carbocycles. The van der Waals surface area contributed by atoms with Gasteiger partial charge in [0.05, 0.1) is 17.2 Å². The summed E-state index contributed by atoms with van der Waals surface area (Å²) in [6, 6.07) is 14.6. The molecule has 1 atom stereocenters. The number of benzene rings is 2. The molecule has 0 aliphatic heterocycles. The summed E-state index contributed by atoms with van der Waals surface area (Å²) in [4.78, 5) is 29.0. The Morgan fingerprint density at radius 1 is 1.14 bits per heavy atom. The van der Waals surface area contributed by atoms with Crippen molar-refractivity contribution in [3.8, 4) is 11.5 Å². The molecular formula is C21H18N4O4. The summed E-state index contributed by atoms with van der Waals surface area (Å²) in [5.41, 5.74) is 2.17. The van der Waals surface area contributed by atoms with Crippen molar-refractivity contribution >= 4 is 16.9 Å². The maximum atomic E-state index is 12.5. The van der Waals surface area contributed by atoms with Gasteiger partial charge < -0.3 is 9.15 Å². The van der Waals surface area contributed by atoms with Gasteiger partial charge in [0.25, 0.3) is 11.4 Å². The Kier molecular flexibility index (Phi) is 4.90. The second-order valence-corrected chi connectivity index (χ2v) is 6.64. The van der Waals surface area contributed by atoms with E-state index in [-0.39, 0.29) is 18.0 Å². The molecular weight excluding hydrogens is 372 g/mol. The number of aromatic nitrogens is 4. The molecule has 4 aromatic rings. The van der Waals surface area contributed by atoms with E-state index in [1.807, 2.05) is 31.2 Å². The molecule has 0 N–H and O–H groups in total. The van der Waals surface area contributed by atoms with Crippen molar-refractivity contribution in [3.63, 3.8) is 0 Å². The highest BCUT2D eigenvalue weighted by Crippen LogP contribution is 2.22. The third kappa shape index (κ3) is 3.91. The Bertz CT molecular complexity index is 1230. The third-order valence-corrected chi connectivity index (χ3v) is 4.43. The highest BCUT2D eigenvalue weighted by molar-refractivity contribution is 5.77. The SMILES string of the molecule is Cc1ccc(-c2nnc([C@@H](C)OC(=O)Cn3cnc4ccccc4c3=O)o2)cc1. The first kappa shape index (κ1) is 18.5. The monoisotopic (exact) mass is 390 g/mol. The molecule has 2 aromatic heterocycles. The van der Waals surface area contributed by atoms with Gasteiger partial charge in [-0.1, -0.05) is 29.8 Å². The highest BCUT2D eigenvalue weighted by Gasteiger charge is 2.20. The number of carbonyl (C=O) groups excluding carboxylic acids is 1. The van der Waals surface area contributed by atoms with E-state index >= 15 is 0 Å². The standard InChI is InChI=1S/C21H18N4O4/c1-13-7-9-15(10-8-13)20-24-23-19(29-20)14(2)28-18(26)11-25-12-22-17-6-4-3-5-16(17)21(25)27/h3-10,12,14H,11H2,1-2H3/t14-/m1/s1. The number of hydrogen-bond acceptors (Lipinski definition) is 7. The number of hydrogen-bond donors (Lipinski definition) is 0. The summed E-state index contributed by atoms with van der Waals surface area (Å²) < 4.78 is 12.2. The number of fused-ring (bicyclic) bond motifs is 1. The van der Waals surface area contributed by atoms with Gasteiger partial charge in [-0.15, -0.1) is 10.2 Å². The zero-order valence-corrected chi connectivity index (χ0v) is 15.9. The highest BCUT2D eigenvalue weighted by atomic mass is 16.6. The second kappa shape index (κ2) is 7.67. The molecule has 0 spiro atoms. The van der Waals surface area contributed by atoms with Crippen LogP contribution in [-0.4, -0.2) is 25.7 Å². The van der Waals surface area contributed by atoms with Crippen LogP contribution in [-0.2, 0) is 16.1 Å². The smallest absolute Gasteiger partial charge is 0.326 e. The molecule has 0 unspecified atom stereocenters. The number of carbonyl (C=O) groups is 1. The predicted molar refractivity (Wildman–Crippen MR) is 105 cm³/mol. The average Bonchev–Trinajstić information content (AvgIpc) is 3.21. The molecule has 0 radical (unpaired) electrons. The van der Waals surface area contributed by atoms with Crippen molar-refractivity contribution < 1.29 is 13.9 Å². The molecule has 0 saturated heterocycles. The zero-order valence-electron chi connectivity index (χ0n) is 15.9. The first-order valence-corrected chi connectivity index (χ1v) is 9.05. The molecule has 0 fully saturated rings. The van der Waals surface area contributed by atoms with Crippen molar-refractivity contribution in [2.24, 2.45) is 0 Å².